The topological polar surface area (TPSA) is 88.6 Å². The van der Waals surface area contributed by atoms with E-state index < -0.39 is 0 Å². The van der Waals surface area contributed by atoms with Crippen LogP contribution < -0.4 is 11.3 Å². The van der Waals surface area contributed by atoms with Crippen LogP contribution in [0.2, 0.25) is 0 Å². The van der Waals surface area contributed by atoms with Crippen molar-refractivity contribution in [2.45, 2.75) is 19.4 Å². The Kier molecular flexibility index (Phi) is 4.21. The minimum atomic E-state index is -0.238. The van der Waals surface area contributed by atoms with E-state index in [0.29, 0.717) is 18.8 Å². The van der Waals surface area contributed by atoms with Gasteiger partial charge in [0, 0.05) is 37.6 Å². The average Bonchev–Trinajstić information content (AvgIpc) is 2.43. The van der Waals surface area contributed by atoms with E-state index in [1.807, 2.05) is 0 Å². The van der Waals surface area contributed by atoms with Gasteiger partial charge < -0.3 is 20.3 Å². The predicted octanol–water partition coefficient (Wildman–Crippen LogP) is -0.339. The molecule has 1 aliphatic heterocycles. The number of rotatable bonds is 3. The number of nitrogens with zero attached hydrogens (tertiary/aromatic N) is 2. The fourth-order valence-electron chi connectivity index (χ4n) is 2.36. The largest absolute Gasteiger partial charge is 0.398 e. The van der Waals surface area contributed by atoms with E-state index >= 15 is 0 Å². The molecule has 3 N–H and O–H groups in total. The van der Waals surface area contributed by atoms with E-state index in [9.17, 15) is 9.59 Å². The van der Waals surface area contributed by atoms with Crippen molar-refractivity contribution in [3.05, 3.63) is 28.7 Å². The molecule has 19 heavy (non-hydrogen) atoms. The molecule has 0 aliphatic carbocycles. The van der Waals surface area contributed by atoms with Gasteiger partial charge in [0.05, 0.1) is 0 Å². The fourth-order valence-corrected chi connectivity index (χ4v) is 2.36. The molecule has 1 unspecified atom stereocenters. The summed E-state index contributed by atoms with van der Waals surface area (Å²) in [5.74, 6) is 0.0427. The maximum absolute atomic E-state index is 12.1. The van der Waals surface area contributed by atoms with Gasteiger partial charge in [-0.2, -0.15) is 0 Å². The highest BCUT2D eigenvalue weighted by molar-refractivity contribution is 5.76. The van der Waals surface area contributed by atoms with Crippen LogP contribution in [0, 0.1) is 5.92 Å². The highest BCUT2D eigenvalue weighted by Crippen LogP contribution is 2.16. The van der Waals surface area contributed by atoms with Gasteiger partial charge in [-0.3, -0.25) is 9.59 Å². The quantitative estimate of drug-likeness (QED) is 0.782. The molecule has 0 saturated carbocycles. The number of anilines is 1. The zero-order valence-corrected chi connectivity index (χ0v) is 10.8. The van der Waals surface area contributed by atoms with Crippen LogP contribution in [0.25, 0.3) is 0 Å². The van der Waals surface area contributed by atoms with Crippen LogP contribution in [0.1, 0.15) is 12.8 Å². The summed E-state index contributed by atoms with van der Waals surface area (Å²) >= 11 is 0. The van der Waals surface area contributed by atoms with Gasteiger partial charge >= 0.3 is 0 Å². The third kappa shape index (κ3) is 3.35. The molecule has 2 heterocycles. The maximum atomic E-state index is 12.1. The van der Waals surface area contributed by atoms with E-state index in [0.717, 1.165) is 12.8 Å². The second-order valence-corrected chi connectivity index (χ2v) is 4.96. The zero-order valence-electron chi connectivity index (χ0n) is 10.8. The third-order valence-electron chi connectivity index (χ3n) is 3.44. The second kappa shape index (κ2) is 5.88. The summed E-state index contributed by atoms with van der Waals surface area (Å²) in [6, 6.07) is 2.88. The van der Waals surface area contributed by atoms with Gasteiger partial charge in [-0.05, 0) is 24.8 Å². The Morgan fingerprint density at radius 3 is 3.00 bits per heavy atom. The van der Waals surface area contributed by atoms with Gasteiger partial charge in [0.25, 0.3) is 5.56 Å². The Balaban J connectivity index is 2.04. The molecule has 2 rings (SSSR count). The summed E-state index contributed by atoms with van der Waals surface area (Å²) in [6.07, 6.45) is 3.31. The number of pyridine rings is 1. The molecule has 1 fully saturated rings. The number of aliphatic hydroxyl groups is 1. The molecule has 0 spiro atoms. The van der Waals surface area contributed by atoms with Crippen molar-refractivity contribution in [2.75, 3.05) is 25.4 Å². The number of carbonyl (C=O) groups excluding carboxylic acids is 1. The third-order valence-corrected chi connectivity index (χ3v) is 3.44. The van der Waals surface area contributed by atoms with E-state index in [4.69, 9.17) is 10.8 Å². The lowest BCUT2D eigenvalue weighted by molar-refractivity contribution is -0.134. The second-order valence-electron chi connectivity index (χ2n) is 4.96. The van der Waals surface area contributed by atoms with Crippen molar-refractivity contribution >= 4 is 11.6 Å². The van der Waals surface area contributed by atoms with Crippen LogP contribution in [0.15, 0.2) is 23.1 Å². The van der Waals surface area contributed by atoms with Crippen LogP contribution in [-0.2, 0) is 11.3 Å². The van der Waals surface area contributed by atoms with Gasteiger partial charge in [-0.25, -0.2) is 0 Å². The summed E-state index contributed by atoms with van der Waals surface area (Å²) < 4.78 is 1.32. The molecule has 0 aromatic carbocycles. The summed E-state index contributed by atoms with van der Waals surface area (Å²) in [7, 11) is 0. The smallest absolute Gasteiger partial charge is 0.251 e. The molecular formula is C13H19N3O3. The van der Waals surface area contributed by atoms with E-state index in [1.165, 1.54) is 22.9 Å². The van der Waals surface area contributed by atoms with Crippen molar-refractivity contribution < 1.29 is 9.90 Å². The standard InChI is InChI=1S/C13H19N3O3/c14-11-3-4-12(18)16(7-11)8-13(19)15-5-1-2-10(6-15)9-17/h3-4,7,10,17H,1-2,5-6,8-9,14H2. The molecule has 1 aliphatic rings. The first-order chi connectivity index (χ1) is 9.10. The maximum Gasteiger partial charge on any atom is 0.251 e. The first kappa shape index (κ1) is 13.6. The number of hydrogen-bond acceptors (Lipinski definition) is 4. The Morgan fingerprint density at radius 1 is 1.47 bits per heavy atom. The molecule has 0 radical (unpaired) electrons. The molecule has 6 heteroatoms. The van der Waals surface area contributed by atoms with Gasteiger partial charge in [0.1, 0.15) is 6.54 Å². The zero-order chi connectivity index (χ0) is 13.8. The molecule has 1 saturated heterocycles. The number of nitrogens with two attached hydrogens (primary N) is 1. The van der Waals surface area contributed by atoms with E-state index in [-0.39, 0.29) is 30.5 Å². The summed E-state index contributed by atoms with van der Waals surface area (Å²) in [6.45, 7) is 1.35. The Labute approximate surface area is 111 Å². The lowest BCUT2D eigenvalue weighted by Gasteiger charge is -2.32. The molecule has 104 valence electrons. The number of aliphatic hydroxyl groups excluding tert-OH is 1. The normalized spacial score (nSPS) is 19.4. The number of amides is 1. The molecule has 6 nitrogen and oxygen atoms in total. The lowest BCUT2D eigenvalue weighted by Crippen LogP contribution is -2.43. The van der Waals surface area contributed by atoms with Crippen molar-refractivity contribution in [3.63, 3.8) is 0 Å². The van der Waals surface area contributed by atoms with Gasteiger partial charge in [0.15, 0.2) is 0 Å². The lowest BCUT2D eigenvalue weighted by atomic mass is 9.99. The fraction of sp³-hybridized carbons (Fsp3) is 0.538. The first-order valence-electron chi connectivity index (χ1n) is 6.44. The van der Waals surface area contributed by atoms with Crippen LogP contribution in [0.5, 0.6) is 0 Å². The molecule has 1 aromatic heterocycles. The Hall–Kier alpha value is -1.82. The summed E-state index contributed by atoms with van der Waals surface area (Å²) in [5.41, 5.74) is 5.83. The van der Waals surface area contributed by atoms with Crippen molar-refractivity contribution in [2.24, 2.45) is 5.92 Å². The minimum Gasteiger partial charge on any atom is -0.398 e. The van der Waals surface area contributed by atoms with E-state index in [1.54, 1.807) is 4.90 Å². The minimum absolute atomic E-state index is 0.00201. The van der Waals surface area contributed by atoms with Crippen LogP contribution in [0.4, 0.5) is 5.69 Å². The molecule has 1 amide bonds. The Bertz CT molecular complexity index is 512. The average molecular weight is 265 g/mol. The van der Waals surface area contributed by atoms with Crippen molar-refractivity contribution in [3.8, 4) is 0 Å². The van der Waals surface area contributed by atoms with Gasteiger partial charge in [-0.15, -0.1) is 0 Å². The van der Waals surface area contributed by atoms with Crippen molar-refractivity contribution in [1.82, 2.24) is 9.47 Å². The highest BCUT2D eigenvalue weighted by Gasteiger charge is 2.23. The monoisotopic (exact) mass is 265 g/mol. The van der Waals surface area contributed by atoms with Gasteiger partial charge in [-0.1, -0.05) is 0 Å². The van der Waals surface area contributed by atoms with Gasteiger partial charge in [0.2, 0.25) is 5.91 Å². The summed E-state index contributed by atoms with van der Waals surface area (Å²) in [4.78, 5) is 25.5. The van der Waals surface area contributed by atoms with E-state index in [2.05, 4.69) is 0 Å². The molecule has 0 bridgehead atoms. The predicted molar refractivity (Wildman–Crippen MR) is 71.5 cm³/mol. The molecular weight excluding hydrogens is 246 g/mol. The number of nitrogen functional groups attached to an aromatic ring is 1. The number of piperidine rings is 1. The van der Waals surface area contributed by atoms with Crippen LogP contribution >= 0.6 is 0 Å². The summed E-state index contributed by atoms with van der Waals surface area (Å²) in [5, 5.41) is 9.15. The SMILES string of the molecule is Nc1ccc(=O)n(CC(=O)N2CCCC(CO)C2)c1. The number of hydrogen-bond donors (Lipinski definition) is 2. The number of likely N-dealkylation sites (tertiary alicyclic amines) is 1. The molecule has 1 atom stereocenters. The van der Waals surface area contributed by atoms with Crippen molar-refractivity contribution in [1.29, 1.82) is 0 Å². The number of aromatic nitrogens is 1. The van der Waals surface area contributed by atoms with Crippen LogP contribution in [-0.4, -0.2) is 40.2 Å². The first-order valence-corrected chi connectivity index (χ1v) is 6.44. The molecule has 1 aromatic rings. The van der Waals surface area contributed by atoms with Crippen LogP contribution in [0.3, 0.4) is 0 Å². The number of carbonyl (C=O) groups is 1. The highest BCUT2D eigenvalue weighted by atomic mass is 16.3. The Morgan fingerprint density at radius 2 is 2.26 bits per heavy atom.